The van der Waals surface area contributed by atoms with E-state index < -0.39 is 0 Å². The SMILES string of the molecule is N#Cc1ccc(-c2cc3ccc(Br)cc3cn2)cc1. The standard InChI is InChI=1S/C16H9BrN2/c17-15-6-5-13-8-16(19-10-14(13)7-15)12-3-1-11(9-18)2-4-12/h1-8,10H. The number of hydrogen-bond donors (Lipinski definition) is 0. The summed E-state index contributed by atoms with van der Waals surface area (Å²) in [6.07, 6.45) is 1.87. The number of benzene rings is 2. The predicted octanol–water partition coefficient (Wildman–Crippen LogP) is 4.54. The monoisotopic (exact) mass is 308 g/mol. The molecule has 0 aliphatic carbocycles. The van der Waals surface area contributed by atoms with Gasteiger partial charge in [-0.3, -0.25) is 4.98 Å². The van der Waals surface area contributed by atoms with Gasteiger partial charge in [0.25, 0.3) is 0 Å². The lowest BCUT2D eigenvalue weighted by atomic mass is 10.1. The molecule has 3 heteroatoms. The Bertz CT molecular complexity index is 786. The average molecular weight is 309 g/mol. The number of fused-ring (bicyclic) bond motifs is 1. The van der Waals surface area contributed by atoms with E-state index in [4.69, 9.17) is 5.26 Å². The van der Waals surface area contributed by atoms with Crippen LogP contribution >= 0.6 is 15.9 Å². The highest BCUT2D eigenvalue weighted by Crippen LogP contribution is 2.24. The average Bonchev–Trinajstić information content (AvgIpc) is 2.47. The van der Waals surface area contributed by atoms with Crippen molar-refractivity contribution < 1.29 is 0 Å². The van der Waals surface area contributed by atoms with Crippen LogP contribution in [0.1, 0.15) is 5.56 Å². The summed E-state index contributed by atoms with van der Waals surface area (Å²) in [5.41, 5.74) is 2.59. The third-order valence-corrected chi connectivity index (χ3v) is 3.49. The minimum atomic E-state index is 0.661. The molecule has 1 aromatic heterocycles. The van der Waals surface area contributed by atoms with Crippen LogP contribution in [0.3, 0.4) is 0 Å². The molecule has 0 radical (unpaired) electrons. The molecular formula is C16H9BrN2. The first-order chi connectivity index (χ1) is 9.26. The van der Waals surface area contributed by atoms with Crippen LogP contribution in [0.25, 0.3) is 22.0 Å². The maximum Gasteiger partial charge on any atom is 0.0991 e. The molecule has 0 atom stereocenters. The number of halogens is 1. The zero-order valence-electron chi connectivity index (χ0n) is 9.97. The van der Waals surface area contributed by atoms with Gasteiger partial charge in [-0.15, -0.1) is 0 Å². The van der Waals surface area contributed by atoms with Crippen molar-refractivity contribution in [3.63, 3.8) is 0 Å². The Morgan fingerprint density at radius 3 is 2.47 bits per heavy atom. The normalized spacial score (nSPS) is 10.3. The Hall–Kier alpha value is -2.18. The molecule has 0 N–H and O–H groups in total. The van der Waals surface area contributed by atoms with E-state index in [0.29, 0.717) is 5.56 Å². The van der Waals surface area contributed by atoms with Crippen LogP contribution in [-0.4, -0.2) is 4.98 Å². The van der Waals surface area contributed by atoms with Crippen molar-refractivity contribution in [2.45, 2.75) is 0 Å². The van der Waals surface area contributed by atoms with Crippen LogP contribution in [0.5, 0.6) is 0 Å². The molecule has 3 rings (SSSR count). The first-order valence-corrected chi connectivity index (χ1v) is 6.61. The van der Waals surface area contributed by atoms with Crippen molar-refractivity contribution in [1.29, 1.82) is 5.26 Å². The zero-order valence-corrected chi connectivity index (χ0v) is 11.6. The van der Waals surface area contributed by atoms with Gasteiger partial charge in [0.15, 0.2) is 0 Å². The Morgan fingerprint density at radius 2 is 1.74 bits per heavy atom. The van der Waals surface area contributed by atoms with Gasteiger partial charge < -0.3 is 0 Å². The molecule has 0 spiro atoms. The molecule has 0 aliphatic rings. The topological polar surface area (TPSA) is 36.7 Å². The second-order valence-electron chi connectivity index (χ2n) is 4.25. The van der Waals surface area contributed by atoms with Gasteiger partial charge in [0.1, 0.15) is 0 Å². The molecule has 0 unspecified atom stereocenters. The van der Waals surface area contributed by atoms with Gasteiger partial charge in [0.05, 0.1) is 17.3 Å². The van der Waals surface area contributed by atoms with Crippen LogP contribution in [0.4, 0.5) is 0 Å². The Morgan fingerprint density at radius 1 is 0.947 bits per heavy atom. The predicted molar refractivity (Wildman–Crippen MR) is 79.6 cm³/mol. The fourth-order valence-electron chi connectivity index (χ4n) is 1.99. The summed E-state index contributed by atoms with van der Waals surface area (Å²) >= 11 is 3.45. The van der Waals surface area contributed by atoms with Crippen LogP contribution in [0.15, 0.2) is 59.2 Å². The van der Waals surface area contributed by atoms with E-state index in [1.165, 1.54) is 0 Å². The lowest BCUT2D eigenvalue weighted by molar-refractivity contribution is 1.35. The zero-order chi connectivity index (χ0) is 13.2. The molecule has 0 aliphatic heterocycles. The summed E-state index contributed by atoms with van der Waals surface area (Å²) in [4.78, 5) is 4.47. The number of aromatic nitrogens is 1. The molecule has 0 amide bonds. The molecule has 1 heterocycles. The smallest absolute Gasteiger partial charge is 0.0991 e. The third kappa shape index (κ3) is 2.35. The van der Waals surface area contributed by atoms with Gasteiger partial charge in [0.2, 0.25) is 0 Å². The quantitative estimate of drug-likeness (QED) is 0.662. The summed E-state index contributed by atoms with van der Waals surface area (Å²) in [6, 6.07) is 17.8. The van der Waals surface area contributed by atoms with Crippen molar-refractivity contribution in [1.82, 2.24) is 4.98 Å². The molecule has 2 aromatic carbocycles. The second kappa shape index (κ2) is 4.83. The maximum atomic E-state index is 8.80. The highest BCUT2D eigenvalue weighted by molar-refractivity contribution is 9.10. The van der Waals surface area contributed by atoms with E-state index in [2.05, 4.69) is 39.1 Å². The van der Waals surface area contributed by atoms with Gasteiger partial charge in [-0.25, -0.2) is 0 Å². The van der Waals surface area contributed by atoms with Crippen LogP contribution in [0.2, 0.25) is 0 Å². The number of rotatable bonds is 1. The largest absolute Gasteiger partial charge is 0.256 e. The summed E-state index contributed by atoms with van der Waals surface area (Å²) in [7, 11) is 0. The van der Waals surface area contributed by atoms with E-state index in [0.717, 1.165) is 26.5 Å². The molecular weight excluding hydrogens is 300 g/mol. The highest BCUT2D eigenvalue weighted by Gasteiger charge is 2.02. The molecule has 0 bridgehead atoms. The fourth-order valence-corrected chi connectivity index (χ4v) is 2.36. The van der Waals surface area contributed by atoms with E-state index >= 15 is 0 Å². The van der Waals surface area contributed by atoms with Gasteiger partial charge >= 0.3 is 0 Å². The third-order valence-electron chi connectivity index (χ3n) is 2.99. The molecule has 90 valence electrons. The molecule has 3 aromatic rings. The number of nitrogens with zero attached hydrogens (tertiary/aromatic N) is 2. The van der Waals surface area contributed by atoms with Crippen molar-refractivity contribution in [2.24, 2.45) is 0 Å². The molecule has 0 saturated heterocycles. The van der Waals surface area contributed by atoms with Gasteiger partial charge in [-0.2, -0.15) is 5.26 Å². The summed E-state index contributed by atoms with van der Waals surface area (Å²) in [5.74, 6) is 0. The molecule has 2 nitrogen and oxygen atoms in total. The van der Waals surface area contributed by atoms with Crippen molar-refractivity contribution in [3.8, 4) is 17.3 Å². The van der Waals surface area contributed by atoms with Crippen LogP contribution in [-0.2, 0) is 0 Å². The fraction of sp³-hybridized carbons (Fsp3) is 0. The molecule has 19 heavy (non-hydrogen) atoms. The minimum absolute atomic E-state index is 0.661. The van der Waals surface area contributed by atoms with Crippen molar-refractivity contribution in [3.05, 3.63) is 64.8 Å². The molecule has 0 fully saturated rings. The second-order valence-corrected chi connectivity index (χ2v) is 5.17. The highest BCUT2D eigenvalue weighted by atomic mass is 79.9. The Kier molecular flexibility index (Phi) is 3.02. The van der Waals surface area contributed by atoms with Crippen LogP contribution in [0, 0.1) is 11.3 Å². The first kappa shape index (κ1) is 11.9. The number of hydrogen-bond acceptors (Lipinski definition) is 2. The van der Waals surface area contributed by atoms with E-state index in [1.54, 1.807) is 0 Å². The number of nitriles is 1. The van der Waals surface area contributed by atoms with Crippen LogP contribution < -0.4 is 0 Å². The Labute approximate surface area is 119 Å². The lowest BCUT2D eigenvalue weighted by Crippen LogP contribution is -1.85. The van der Waals surface area contributed by atoms with E-state index in [9.17, 15) is 0 Å². The van der Waals surface area contributed by atoms with Gasteiger partial charge in [-0.1, -0.05) is 34.1 Å². The summed E-state index contributed by atoms with van der Waals surface area (Å²) in [5, 5.41) is 11.1. The lowest BCUT2D eigenvalue weighted by Gasteiger charge is -2.04. The Balaban J connectivity index is 2.09. The first-order valence-electron chi connectivity index (χ1n) is 5.82. The van der Waals surface area contributed by atoms with E-state index in [1.807, 2.05) is 42.6 Å². The van der Waals surface area contributed by atoms with Crippen molar-refractivity contribution in [2.75, 3.05) is 0 Å². The number of pyridine rings is 1. The summed E-state index contributed by atoms with van der Waals surface area (Å²) in [6.45, 7) is 0. The van der Waals surface area contributed by atoms with Crippen molar-refractivity contribution >= 4 is 26.7 Å². The molecule has 0 saturated carbocycles. The summed E-state index contributed by atoms with van der Waals surface area (Å²) < 4.78 is 1.05. The minimum Gasteiger partial charge on any atom is -0.256 e. The van der Waals surface area contributed by atoms with E-state index in [-0.39, 0.29) is 0 Å². The van der Waals surface area contributed by atoms with Gasteiger partial charge in [-0.05, 0) is 35.7 Å². The maximum absolute atomic E-state index is 8.80. The van der Waals surface area contributed by atoms with Gasteiger partial charge in [0, 0.05) is 21.6 Å².